The van der Waals surface area contributed by atoms with E-state index in [9.17, 15) is 9.59 Å². The highest BCUT2D eigenvalue weighted by atomic mass is 79.9. The van der Waals surface area contributed by atoms with Gasteiger partial charge in [-0.1, -0.05) is 0 Å². The first-order valence-electron chi connectivity index (χ1n) is 5.67. The van der Waals surface area contributed by atoms with Gasteiger partial charge in [-0.15, -0.1) is 0 Å². The Morgan fingerprint density at radius 2 is 2.00 bits per heavy atom. The monoisotopic (exact) mass is 325 g/mol. The molecule has 0 aliphatic carbocycles. The average Bonchev–Trinajstić information content (AvgIpc) is 2.72. The Morgan fingerprint density at radius 3 is 2.63 bits per heavy atom. The molecule has 0 saturated carbocycles. The van der Waals surface area contributed by atoms with E-state index in [1.807, 2.05) is 0 Å². The first-order chi connectivity index (χ1) is 8.99. The maximum atomic E-state index is 12.0. The molecule has 19 heavy (non-hydrogen) atoms. The van der Waals surface area contributed by atoms with Crippen molar-refractivity contribution in [1.82, 2.24) is 18.7 Å². The number of fused-ring (bicyclic) bond motifs is 1. The predicted octanol–water partition coefficient (Wildman–Crippen LogP) is 0.500. The van der Waals surface area contributed by atoms with E-state index in [1.54, 1.807) is 11.6 Å². The van der Waals surface area contributed by atoms with E-state index in [0.29, 0.717) is 29.8 Å². The second kappa shape index (κ2) is 5.01. The van der Waals surface area contributed by atoms with Gasteiger partial charge in [0.05, 0.1) is 6.07 Å². The Hall–Kier alpha value is -1.88. The molecule has 0 fully saturated rings. The van der Waals surface area contributed by atoms with Crippen molar-refractivity contribution in [3.63, 3.8) is 0 Å². The van der Waals surface area contributed by atoms with Crippen molar-refractivity contribution >= 4 is 27.1 Å². The van der Waals surface area contributed by atoms with Crippen molar-refractivity contribution in [2.24, 2.45) is 14.1 Å². The van der Waals surface area contributed by atoms with Gasteiger partial charge in [-0.2, -0.15) is 5.26 Å². The van der Waals surface area contributed by atoms with Gasteiger partial charge in [-0.25, -0.2) is 9.78 Å². The number of rotatable bonds is 3. The first-order valence-corrected chi connectivity index (χ1v) is 6.47. The molecule has 2 heterocycles. The molecule has 0 aromatic carbocycles. The summed E-state index contributed by atoms with van der Waals surface area (Å²) in [6.45, 7) is 0.519. The maximum absolute atomic E-state index is 12.0. The van der Waals surface area contributed by atoms with Gasteiger partial charge in [0.15, 0.2) is 15.9 Å². The summed E-state index contributed by atoms with van der Waals surface area (Å²) in [7, 11) is 3.02. The van der Waals surface area contributed by atoms with Crippen LogP contribution in [0, 0.1) is 11.3 Å². The van der Waals surface area contributed by atoms with Gasteiger partial charge in [0.1, 0.15) is 0 Å². The standard InChI is InChI=1S/C11H12BrN5O2/c1-15-8-7(9(18)16(2)11(15)19)14-10(12)17(8)6-4-3-5-13/h3-4,6H2,1-2H3. The Bertz CT molecular complexity index is 792. The molecule has 0 unspecified atom stereocenters. The topological polar surface area (TPSA) is 85.6 Å². The van der Waals surface area contributed by atoms with Crippen molar-refractivity contribution in [2.75, 3.05) is 0 Å². The molecular weight excluding hydrogens is 314 g/mol. The zero-order valence-electron chi connectivity index (χ0n) is 10.6. The first kappa shape index (κ1) is 13.5. The van der Waals surface area contributed by atoms with Crippen LogP contribution in [0.5, 0.6) is 0 Å². The molecule has 0 atom stereocenters. The van der Waals surface area contributed by atoms with Crippen molar-refractivity contribution in [3.05, 3.63) is 25.6 Å². The molecule has 2 aromatic heterocycles. The number of halogens is 1. The van der Waals surface area contributed by atoms with Gasteiger partial charge >= 0.3 is 5.69 Å². The molecule has 0 bridgehead atoms. The summed E-state index contributed by atoms with van der Waals surface area (Å²) >= 11 is 3.28. The molecule has 0 aliphatic heterocycles. The highest BCUT2D eigenvalue weighted by molar-refractivity contribution is 9.10. The summed E-state index contributed by atoms with van der Waals surface area (Å²) in [4.78, 5) is 28.1. The maximum Gasteiger partial charge on any atom is 0.332 e. The third-order valence-corrected chi connectivity index (χ3v) is 3.57. The number of unbranched alkanes of at least 4 members (excludes halogenated alkanes) is 1. The second-order valence-electron chi connectivity index (χ2n) is 4.17. The van der Waals surface area contributed by atoms with Crippen molar-refractivity contribution in [3.8, 4) is 6.07 Å². The molecule has 2 aromatic rings. The lowest BCUT2D eigenvalue weighted by molar-refractivity contribution is 0.628. The van der Waals surface area contributed by atoms with Gasteiger partial charge in [0, 0.05) is 27.1 Å². The van der Waals surface area contributed by atoms with Crippen LogP contribution in [0.15, 0.2) is 14.3 Å². The van der Waals surface area contributed by atoms with Crippen molar-refractivity contribution in [1.29, 1.82) is 5.26 Å². The minimum absolute atomic E-state index is 0.244. The van der Waals surface area contributed by atoms with E-state index in [4.69, 9.17) is 5.26 Å². The number of hydrogen-bond acceptors (Lipinski definition) is 4. The number of nitrogens with zero attached hydrogens (tertiary/aromatic N) is 5. The summed E-state index contributed by atoms with van der Waals surface area (Å²) in [6, 6.07) is 2.06. The molecule has 7 nitrogen and oxygen atoms in total. The molecule has 0 N–H and O–H groups in total. The van der Waals surface area contributed by atoms with Crippen LogP contribution in [0.3, 0.4) is 0 Å². The Morgan fingerprint density at radius 1 is 1.32 bits per heavy atom. The van der Waals surface area contributed by atoms with E-state index in [0.717, 1.165) is 4.57 Å². The third-order valence-electron chi connectivity index (χ3n) is 2.96. The van der Waals surface area contributed by atoms with Crippen LogP contribution in [0.2, 0.25) is 0 Å². The zero-order valence-corrected chi connectivity index (χ0v) is 12.1. The molecule has 0 spiro atoms. The molecule has 100 valence electrons. The average molecular weight is 326 g/mol. The smallest absolute Gasteiger partial charge is 0.304 e. The lowest BCUT2D eigenvalue weighted by Gasteiger charge is -2.08. The largest absolute Gasteiger partial charge is 0.332 e. The number of hydrogen-bond donors (Lipinski definition) is 0. The van der Waals surface area contributed by atoms with E-state index in [2.05, 4.69) is 27.0 Å². The molecule has 0 saturated heterocycles. The summed E-state index contributed by atoms with van der Waals surface area (Å²) in [6.07, 6.45) is 1.04. The van der Waals surface area contributed by atoms with Crippen LogP contribution >= 0.6 is 15.9 Å². The van der Waals surface area contributed by atoms with Crippen LogP contribution < -0.4 is 11.2 Å². The number of nitriles is 1. The lowest BCUT2D eigenvalue weighted by Crippen LogP contribution is -2.37. The van der Waals surface area contributed by atoms with Crippen LogP contribution in [-0.2, 0) is 20.6 Å². The van der Waals surface area contributed by atoms with Crippen LogP contribution in [0.4, 0.5) is 0 Å². The van der Waals surface area contributed by atoms with Crippen molar-refractivity contribution in [2.45, 2.75) is 19.4 Å². The second-order valence-corrected chi connectivity index (χ2v) is 4.88. The molecule has 2 rings (SSSR count). The van der Waals surface area contributed by atoms with E-state index in [-0.39, 0.29) is 5.52 Å². The minimum atomic E-state index is -0.419. The number of aryl methyl sites for hydroxylation is 2. The van der Waals surface area contributed by atoms with Crippen LogP contribution in [-0.4, -0.2) is 18.7 Å². The fourth-order valence-corrected chi connectivity index (χ4v) is 2.50. The normalized spacial score (nSPS) is 10.8. The van der Waals surface area contributed by atoms with Gasteiger partial charge in [0.25, 0.3) is 5.56 Å². The summed E-state index contributed by atoms with van der Waals surface area (Å²) in [5, 5.41) is 8.56. The lowest BCUT2D eigenvalue weighted by atomic mass is 10.3. The van der Waals surface area contributed by atoms with Gasteiger partial charge in [0.2, 0.25) is 0 Å². The van der Waals surface area contributed by atoms with Crippen LogP contribution in [0.1, 0.15) is 12.8 Å². The highest BCUT2D eigenvalue weighted by Gasteiger charge is 2.17. The van der Waals surface area contributed by atoms with Gasteiger partial charge < -0.3 is 4.57 Å². The Balaban J connectivity index is 2.73. The molecule has 8 heteroatoms. The number of aromatic nitrogens is 4. The summed E-state index contributed by atoms with van der Waals surface area (Å²) < 4.78 is 4.64. The van der Waals surface area contributed by atoms with E-state index < -0.39 is 11.2 Å². The zero-order chi connectivity index (χ0) is 14.2. The fraction of sp³-hybridized carbons (Fsp3) is 0.455. The van der Waals surface area contributed by atoms with E-state index >= 15 is 0 Å². The van der Waals surface area contributed by atoms with Crippen molar-refractivity contribution < 1.29 is 0 Å². The summed E-state index contributed by atoms with van der Waals surface area (Å²) in [5.41, 5.74) is -0.101. The SMILES string of the molecule is Cn1c(=O)c2nc(Br)n(CCCC#N)c2n(C)c1=O. The van der Waals surface area contributed by atoms with Gasteiger partial charge in [-0.05, 0) is 22.4 Å². The molecule has 0 radical (unpaired) electrons. The van der Waals surface area contributed by atoms with E-state index in [1.165, 1.54) is 11.6 Å². The minimum Gasteiger partial charge on any atom is -0.304 e. The molecule has 0 amide bonds. The molecular formula is C11H12BrN5O2. The number of imidazole rings is 1. The van der Waals surface area contributed by atoms with Crippen LogP contribution in [0.25, 0.3) is 11.2 Å². The molecule has 0 aliphatic rings. The highest BCUT2D eigenvalue weighted by Crippen LogP contribution is 2.17. The van der Waals surface area contributed by atoms with Gasteiger partial charge in [-0.3, -0.25) is 13.9 Å². The summed E-state index contributed by atoms with van der Waals surface area (Å²) in [5.74, 6) is 0. The fourth-order valence-electron chi connectivity index (χ4n) is 1.98. The Kier molecular flexibility index (Phi) is 3.57. The third kappa shape index (κ3) is 2.10. The Labute approximate surface area is 116 Å². The predicted molar refractivity (Wildman–Crippen MR) is 72.8 cm³/mol. The quantitative estimate of drug-likeness (QED) is 0.607.